The number of pyridine rings is 1. The van der Waals surface area contributed by atoms with Crippen LogP contribution >= 0.6 is 11.6 Å². The Bertz CT molecular complexity index is 897. The molecule has 2 heterocycles. The number of aromatic nitrogens is 2. The largest absolute Gasteiger partial charge is 0.444 e. The Hall–Kier alpha value is -2.53. The molecule has 0 atom stereocenters. The Morgan fingerprint density at radius 3 is 2.75 bits per heavy atom. The second-order valence-corrected chi connectivity index (χ2v) is 6.84. The van der Waals surface area contributed by atoms with Crippen molar-refractivity contribution >= 4 is 34.4 Å². The fourth-order valence-electron chi connectivity index (χ4n) is 2.33. The van der Waals surface area contributed by atoms with Crippen molar-refractivity contribution in [1.82, 2.24) is 9.97 Å². The molecule has 124 valence electrons. The van der Waals surface area contributed by atoms with Crippen molar-refractivity contribution in [1.29, 1.82) is 0 Å². The van der Waals surface area contributed by atoms with Crippen LogP contribution < -0.4 is 5.32 Å². The van der Waals surface area contributed by atoms with Crippen LogP contribution in [0.25, 0.3) is 22.3 Å². The van der Waals surface area contributed by atoms with Crippen LogP contribution in [-0.4, -0.2) is 21.7 Å². The molecule has 0 saturated heterocycles. The molecule has 0 bridgehead atoms. The van der Waals surface area contributed by atoms with Crippen LogP contribution in [0.2, 0.25) is 5.15 Å². The molecule has 0 fully saturated rings. The second-order valence-electron chi connectivity index (χ2n) is 6.46. The molecule has 1 amide bonds. The van der Waals surface area contributed by atoms with E-state index in [1.165, 1.54) is 0 Å². The molecule has 3 rings (SSSR count). The molecule has 24 heavy (non-hydrogen) atoms. The summed E-state index contributed by atoms with van der Waals surface area (Å²) in [7, 11) is 0. The minimum Gasteiger partial charge on any atom is -0.444 e. The number of ether oxygens (including phenoxy) is 1. The van der Waals surface area contributed by atoms with Gasteiger partial charge in [-0.3, -0.25) is 5.32 Å². The molecule has 2 N–H and O–H groups in total. The van der Waals surface area contributed by atoms with Gasteiger partial charge < -0.3 is 9.72 Å². The van der Waals surface area contributed by atoms with Gasteiger partial charge in [-0.1, -0.05) is 23.7 Å². The molecule has 0 aliphatic carbocycles. The fraction of sp³-hybridized carbons (Fsp3) is 0.222. The minimum absolute atomic E-state index is 0.452. The third kappa shape index (κ3) is 3.86. The van der Waals surface area contributed by atoms with Gasteiger partial charge in [-0.15, -0.1) is 0 Å². The number of carbonyl (C=O) groups excluding carboxylic acids is 1. The predicted octanol–water partition coefficient (Wildman–Crippen LogP) is 5.23. The predicted molar refractivity (Wildman–Crippen MR) is 96.4 cm³/mol. The van der Waals surface area contributed by atoms with E-state index >= 15 is 0 Å². The highest BCUT2D eigenvalue weighted by molar-refractivity contribution is 6.29. The molecule has 0 aliphatic rings. The van der Waals surface area contributed by atoms with Gasteiger partial charge >= 0.3 is 6.09 Å². The normalized spacial score (nSPS) is 11.5. The lowest BCUT2D eigenvalue weighted by Gasteiger charge is -2.19. The number of nitrogens with one attached hydrogen (secondary N) is 2. The molecule has 2 aromatic heterocycles. The van der Waals surface area contributed by atoms with Crippen LogP contribution in [0.1, 0.15) is 20.8 Å². The monoisotopic (exact) mass is 343 g/mol. The Morgan fingerprint density at radius 1 is 1.21 bits per heavy atom. The molecule has 5 nitrogen and oxygen atoms in total. The van der Waals surface area contributed by atoms with Crippen molar-refractivity contribution in [3.8, 4) is 11.3 Å². The van der Waals surface area contributed by atoms with Gasteiger partial charge in [0.15, 0.2) is 0 Å². The smallest absolute Gasteiger partial charge is 0.412 e. The van der Waals surface area contributed by atoms with Gasteiger partial charge in [0, 0.05) is 16.9 Å². The number of hydrogen-bond acceptors (Lipinski definition) is 3. The molecule has 0 spiro atoms. The average molecular weight is 344 g/mol. The van der Waals surface area contributed by atoms with E-state index in [0.29, 0.717) is 10.8 Å². The topological polar surface area (TPSA) is 67.0 Å². The summed E-state index contributed by atoms with van der Waals surface area (Å²) in [4.78, 5) is 19.5. The number of carbonyl (C=O) groups is 1. The van der Waals surface area contributed by atoms with Gasteiger partial charge in [0.1, 0.15) is 10.8 Å². The Balaban J connectivity index is 1.85. The summed E-state index contributed by atoms with van der Waals surface area (Å²) in [6, 6.07) is 13.1. The summed E-state index contributed by atoms with van der Waals surface area (Å²) in [5.41, 5.74) is 3.64. The zero-order valence-electron chi connectivity index (χ0n) is 13.7. The summed E-state index contributed by atoms with van der Waals surface area (Å²) in [5.74, 6) is 0. The van der Waals surface area contributed by atoms with Crippen LogP contribution in [0.3, 0.4) is 0 Å². The first-order valence-corrected chi connectivity index (χ1v) is 7.94. The molecule has 0 radical (unpaired) electrons. The summed E-state index contributed by atoms with van der Waals surface area (Å²) < 4.78 is 5.27. The van der Waals surface area contributed by atoms with Crippen molar-refractivity contribution < 1.29 is 9.53 Å². The van der Waals surface area contributed by atoms with Crippen molar-refractivity contribution in [3.05, 3.63) is 47.6 Å². The third-order valence-electron chi connectivity index (χ3n) is 3.26. The first-order chi connectivity index (χ1) is 11.3. The molecular formula is C18H18ClN3O2. The maximum atomic E-state index is 11.9. The Morgan fingerprint density at radius 2 is 2.00 bits per heavy atom. The number of H-pyrrole nitrogens is 1. The standard InChI is InChI=1S/C18H18ClN3O2/c1-18(2,3)24-17(23)20-12-6-4-5-11(9-12)14-10-15-13(21-14)7-8-16(19)22-15/h4-10,21H,1-3H3,(H,20,23). The van der Waals surface area contributed by atoms with Crippen LogP contribution in [0.4, 0.5) is 10.5 Å². The van der Waals surface area contributed by atoms with Gasteiger partial charge in [-0.25, -0.2) is 9.78 Å². The molecule has 0 saturated carbocycles. The van der Waals surface area contributed by atoms with E-state index in [-0.39, 0.29) is 0 Å². The van der Waals surface area contributed by atoms with E-state index in [0.717, 1.165) is 22.3 Å². The third-order valence-corrected chi connectivity index (χ3v) is 3.47. The van der Waals surface area contributed by atoms with Crippen molar-refractivity contribution in [3.63, 3.8) is 0 Å². The number of benzene rings is 1. The minimum atomic E-state index is -0.538. The van der Waals surface area contributed by atoms with E-state index < -0.39 is 11.7 Å². The molecule has 1 aromatic carbocycles. The summed E-state index contributed by atoms with van der Waals surface area (Å²) in [6.07, 6.45) is -0.482. The van der Waals surface area contributed by atoms with Gasteiger partial charge in [0.25, 0.3) is 0 Å². The summed E-state index contributed by atoms with van der Waals surface area (Å²) in [5, 5.41) is 3.19. The number of halogens is 1. The van der Waals surface area contributed by atoms with E-state index in [4.69, 9.17) is 16.3 Å². The number of hydrogen-bond donors (Lipinski definition) is 2. The van der Waals surface area contributed by atoms with Crippen molar-refractivity contribution in [2.45, 2.75) is 26.4 Å². The van der Waals surface area contributed by atoms with Crippen LogP contribution in [0, 0.1) is 0 Å². The van der Waals surface area contributed by atoms with Gasteiger partial charge in [-0.2, -0.15) is 0 Å². The highest BCUT2D eigenvalue weighted by Gasteiger charge is 2.16. The molecule has 6 heteroatoms. The van der Waals surface area contributed by atoms with E-state index in [1.54, 1.807) is 6.07 Å². The first kappa shape index (κ1) is 16.3. The second kappa shape index (κ2) is 6.17. The van der Waals surface area contributed by atoms with E-state index in [9.17, 15) is 4.79 Å². The summed E-state index contributed by atoms with van der Waals surface area (Å²) in [6.45, 7) is 5.48. The zero-order valence-corrected chi connectivity index (χ0v) is 14.4. The maximum absolute atomic E-state index is 11.9. The number of nitrogens with zero attached hydrogens (tertiary/aromatic N) is 1. The maximum Gasteiger partial charge on any atom is 0.412 e. The van der Waals surface area contributed by atoms with Crippen molar-refractivity contribution in [2.75, 3.05) is 5.32 Å². The number of fused-ring (bicyclic) bond motifs is 1. The molecular weight excluding hydrogens is 326 g/mol. The van der Waals surface area contributed by atoms with Crippen LogP contribution in [0.5, 0.6) is 0 Å². The highest BCUT2D eigenvalue weighted by Crippen LogP contribution is 2.26. The zero-order chi connectivity index (χ0) is 17.3. The number of aromatic amines is 1. The lowest BCUT2D eigenvalue weighted by atomic mass is 10.1. The average Bonchev–Trinajstić information content (AvgIpc) is 2.88. The van der Waals surface area contributed by atoms with Gasteiger partial charge in [0.05, 0.1) is 11.0 Å². The lowest BCUT2D eigenvalue weighted by molar-refractivity contribution is 0.0636. The molecule has 0 aliphatic heterocycles. The number of rotatable bonds is 2. The van der Waals surface area contributed by atoms with Crippen LogP contribution in [-0.2, 0) is 4.74 Å². The SMILES string of the molecule is CC(C)(C)OC(=O)Nc1cccc(-c2cc3nc(Cl)ccc3[nH]2)c1. The first-order valence-electron chi connectivity index (χ1n) is 7.56. The highest BCUT2D eigenvalue weighted by atomic mass is 35.5. The van der Waals surface area contributed by atoms with Gasteiger partial charge in [0.2, 0.25) is 0 Å². The summed E-state index contributed by atoms with van der Waals surface area (Å²) >= 11 is 5.92. The number of anilines is 1. The number of amides is 1. The quantitative estimate of drug-likeness (QED) is 0.626. The molecule has 3 aromatic rings. The van der Waals surface area contributed by atoms with Crippen LogP contribution in [0.15, 0.2) is 42.5 Å². The Kier molecular flexibility index (Phi) is 4.20. The van der Waals surface area contributed by atoms with E-state index in [1.807, 2.05) is 57.2 Å². The lowest BCUT2D eigenvalue weighted by Crippen LogP contribution is -2.27. The fourth-order valence-corrected chi connectivity index (χ4v) is 2.48. The Labute approximate surface area is 145 Å². The van der Waals surface area contributed by atoms with E-state index in [2.05, 4.69) is 15.3 Å². The van der Waals surface area contributed by atoms with Gasteiger partial charge in [-0.05, 0) is 51.1 Å². The molecule has 0 unspecified atom stereocenters. The van der Waals surface area contributed by atoms with Crippen molar-refractivity contribution in [2.24, 2.45) is 0 Å².